The summed E-state index contributed by atoms with van der Waals surface area (Å²) in [5.41, 5.74) is 2.30. The molecule has 4 rings (SSSR count). The number of carbonyl (C=O) groups is 2. The van der Waals surface area contributed by atoms with Gasteiger partial charge >= 0.3 is 5.97 Å². The quantitative estimate of drug-likeness (QED) is 0.201. The first kappa shape index (κ1) is 30.6. The number of carboxylic acid groups (broad SMARTS) is 1. The molecule has 220 valence electrons. The Labute approximate surface area is 247 Å². The van der Waals surface area contributed by atoms with Crippen molar-refractivity contribution in [1.29, 1.82) is 0 Å². The minimum absolute atomic E-state index is 0.0543. The van der Waals surface area contributed by atoms with Gasteiger partial charge in [0.1, 0.15) is 22.9 Å². The Bertz CT molecular complexity index is 1530. The lowest BCUT2D eigenvalue weighted by atomic mass is 9.87. The zero-order valence-electron chi connectivity index (χ0n) is 25.2. The monoisotopic (exact) mass is 568 g/mol. The van der Waals surface area contributed by atoms with Crippen molar-refractivity contribution >= 4 is 22.6 Å². The number of amides is 1. The minimum Gasteiger partial charge on any atom is -0.494 e. The van der Waals surface area contributed by atoms with Crippen LogP contribution < -0.4 is 14.8 Å². The molecule has 7 heteroatoms. The summed E-state index contributed by atoms with van der Waals surface area (Å²) in [6, 6.07) is 21.7. The molecule has 42 heavy (non-hydrogen) atoms. The number of hydrogen-bond acceptors (Lipinski definition) is 5. The number of nitrogens with one attached hydrogen (secondary N) is 1. The van der Waals surface area contributed by atoms with Gasteiger partial charge in [0.15, 0.2) is 0 Å². The second-order valence-corrected chi connectivity index (χ2v) is 12.8. The lowest BCUT2D eigenvalue weighted by Gasteiger charge is -2.19. The number of aliphatic carboxylic acids is 1. The van der Waals surface area contributed by atoms with Crippen LogP contribution in [0.1, 0.15) is 82.0 Å². The van der Waals surface area contributed by atoms with E-state index < -0.39 is 17.9 Å². The standard InChI is InChI=1S/C35H40N2O5/c1-34(2,3)17-18-41-27-12-7-23(8-13-27)30(21-32(38)39)37-33(40)31-20-25-19-29(14-9-24(25)22-36-31)42-28-15-10-26(11-16-28)35(4,5)6/h7-16,19-20,22,30H,17-18,21H2,1-6H3,(H,37,40)(H,38,39). The zero-order valence-corrected chi connectivity index (χ0v) is 25.2. The highest BCUT2D eigenvalue weighted by atomic mass is 16.5. The van der Waals surface area contributed by atoms with E-state index >= 15 is 0 Å². The van der Waals surface area contributed by atoms with Gasteiger partial charge in [-0.15, -0.1) is 0 Å². The van der Waals surface area contributed by atoms with Crippen molar-refractivity contribution in [2.75, 3.05) is 6.61 Å². The molecule has 0 aliphatic carbocycles. The average Bonchev–Trinajstić information content (AvgIpc) is 2.91. The van der Waals surface area contributed by atoms with Gasteiger partial charge in [-0.2, -0.15) is 0 Å². The highest BCUT2D eigenvalue weighted by Crippen LogP contribution is 2.29. The summed E-state index contributed by atoms with van der Waals surface area (Å²) in [4.78, 5) is 29.2. The molecule has 0 aliphatic rings. The van der Waals surface area contributed by atoms with Gasteiger partial charge in [-0.1, -0.05) is 65.8 Å². The maximum absolute atomic E-state index is 13.2. The predicted molar refractivity (Wildman–Crippen MR) is 165 cm³/mol. The molecule has 1 heterocycles. The van der Waals surface area contributed by atoms with E-state index in [9.17, 15) is 14.7 Å². The van der Waals surface area contributed by atoms with Crippen LogP contribution in [0.25, 0.3) is 10.8 Å². The first-order valence-corrected chi connectivity index (χ1v) is 14.2. The average molecular weight is 569 g/mol. The summed E-state index contributed by atoms with van der Waals surface area (Å²) in [7, 11) is 0. The smallest absolute Gasteiger partial charge is 0.305 e. The second kappa shape index (κ2) is 12.6. The summed E-state index contributed by atoms with van der Waals surface area (Å²) >= 11 is 0. The van der Waals surface area contributed by atoms with Gasteiger partial charge in [-0.05, 0) is 82.3 Å². The molecule has 0 radical (unpaired) electrons. The highest BCUT2D eigenvalue weighted by molar-refractivity contribution is 5.97. The molecule has 0 aliphatic heterocycles. The van der Waals surface area contributed by atoms with Crippen LogP contribution in [0.2, 0.25) is 0 Å². The molecule has 0 saturated carbocycles. The van der Waals surface area contributed by atoms with Gasteiger partial charge in [-0.25, -0.2) is 0 Å². The van der Waals surface area contributed by atoms with Crippen LogP contribution in [0.4, 0.5) is 0 Å². The van der Waals surface area contributed by atoms with Crippen molar-refractivity contribution in [2.45, 2.75) is 65.8 Å². The predicted octanol–water partition coefficient (Wildman–Crippen LogP) is 8.09. The van der Waals surface area contributed by atoms with E-state index in [0.717, 1.165) is 22.9 Å². The van der Waals surface area contributed by atoms with E-state index in [1.54, 1.807) is 36.5 Å². The molecular formula is C35H40N2O5. The van der Waals surface area contributed by atoms with Crippen LogP contribution in [0, 0.1) is 5.41 Å². The molecule has 0 fully saturated rings. The molecule has 0 saturated heterocycles. The number of carboxylic acids is 1. The number of hydrogen-bond donors (Lipinski definition) is 2. The molecule has 4 aromatic rings. The molecule has 0 spiro atoms. The maximum Gasteiger partial charge on any atom is 0.305 e. The Morgan fingerprint density at radius 3 is 2.10 bits per heavy atom. The summed E-state index contributed by atoms with van der Waals surface area (Å²) in [5.74, 6) is 0.573. The molecule has 3 aromatic carbocycles. The third-order valence-corrected chi connectivity index (χ3v) is 6.97. The number of rotatable bonds is 10. The normalized spacial score (nSPS) is 12.5. The van der Waals surface area contributed by atoms with Gasteiger partial charge in [0.2, 0.25) is 0 Å². The fourth-order valence-corrected chi connectivity index (χ4v) is 4.40. The number of nitrogens with zero attached hydrogens (tertiary/aromatic N) is 1. The molecule has 2 N–H and O–H groups in total. The SMILES string of the molecule is CC(C)(C)CCOc1ccc(C(CC(=O)O)NC(=O)c2cc3cc(Oc4ccc(C(C)(C)C)cc4)ccc3cn2)cc1. The zero-order chi connectivity index (χ0) is 30.5. The van der Waals surface area contributed by atoms with E-state index in [-0.39, 0.29) is 22.9 Å². The van der Waals surface area contributed by atoms with Crippen LogP contribution >= 0.6 is 0 Å². The Morgan fingerprint density at radius 2 is 1.48 bits per heavy atom. The molecular weight excluding hydrogens is 528 g/mol. The van der Waals surface area contributed by atoms with Gasteiger partial charge < -0.3 is 19.9 Å². The first-order valence-electron chi connectivity index (χ1n) is 14.2. The number of pyridine rings is 1. The van der Waals surface area contributed by atoms with Crippen molar-refractivity contribution in [3.8, 4) is 17.2 Å². The molecule has 0 bridgehead atoms. The number of ether oxygens (including phenoxy) is 2. The number of carbonyl (C=O) groups excluding carboxylic acids is 1. The van der Waals surface area contributed by atoms with Crippen LogP contribution in [-0.2, 0) is 10.2 Å². The highest BCUT2D eigenvalue weighted by Gasteiger charge is 2.20. The molecule has 1 aromatic heterocycles. The van der Waals surface area contributed by atoms with Crippen LogP contribution in [0.5, 0.6) is 17.2 Å². The maximum atomic E-state index is 13.2. The van der Waals surface area contributed by atoms with E-state index in [1.165, 1.54) is 5.56 Å². The Hall–Kier alpha value is -4.39. The number of benzene rings is 3. The first-order chi connectivity index (χ1) is 19.8. The number of fused-ring (bicyclic) bond motifs is 1. The Morgan fingerprint density at radius 1 is 0.833 bits per heavy atom. The lowest BCUT2D eigenvalue weighted by molar-refractivity contribution is -0.137. The van der Waals surface area contributed by atoms with Gasteiger partial charge in [0.05, 0.1) is 19.1 Å². The summed E-state index contributed by atoms with van der Waals surface area (Å²) in [6.45, 7) is 13.5. The van der Waals surface area contributed by atoms with Crippen LogP contribution in [0.15, 0.2) is 79.0 Å². The van der Waals surface area contributed by atoms with Crippen molar-refractivity contribution in [1.82, 2.24) is 10.3 Å². The molecule has 1 unspecified atom stereocenters. The largest absolute Gasteiger partial charge is 0.494 e. The summed E-state index contributed by atoms with van der Waals surface area (Å²) < 4.78 is 11.9. The van der Waals surface area contributed by atoms with Crippen molar-refractivity contribution in [2.24, 2.45) is 5.41 Å². The molecule has 1 amide bonds. The Kier molecular flexibility index (Phi) is 9.20. The third kappa shape index (κ3) is 8.56. The van der Waals surface area contributed by atoms with Gasteiger partial charge in [0, 0.05) is 11.6 Å². The summed E-state index contributed by atoms with van der Waals surface area (Å²) in [5, 5.41) is 14.0. The van der Waals surface area contributed by atoms with E-state index in [2.05, 4.69) is 64.0 Å². The fourth-order valence-electron chi connectivity index (χ4n) is 4.40. The molecule has 1 atom stereocenters. The van der Waals surface area contributed by atoms with Crippen LogP contribution in [-0.4, -0.2) is 28.6 Å². The third-order valence-electron chi connectivity index (χ3n) is 6.97. The van der Waals surface area contributed by atoms with E-state index in [4.69, 9.17) is 9.47 Å². The van der Waals surface area contributed by atoms with E-state index in [0.29, 0.717) is 23.7 Å². The van der Waals surface area contributed by atoms with Gasteiger partial charge in [-0.3, -0.25) is 14.6 Å². The van der Waals surface area contributed by atoms with Gasteiger partial charge in [0.25, 0.3) is 5.91 Å². The number of aromatic nitrogens is 1. The van der Waals surface area contributed by atoms with Crippen molar-refractivity contribution < 1.29 is 24.2 Å². The second-order valence-electron chi connectivity index (χ2n) is 12.8. The van der Waals surface area contributed by atoms with E-state index in [1.807, 2.05) is 30.3 Å². The fraction of sp³-hybridized carbons (Fsp3) is 0.343. The summed E-state index contributed by atoms with van der Waals surface area (Å²) in [6.07, 6.45) is 2.26. The topological polar surface area (TPSA) is 97.8 Å². The lowest BCUT2D eigenvalue weighted by Crippen LogP contribution is -2.30. The minimum atomic E-state index is -1.02. The molecule has 7 nitrogen and oxygen atoms in total. The van der Waals surface area contributed by atoms with Crippen molar-refractivity contribution in [3.63, 3.8) is 0 Å². The Balaban J connectivity index is 1.47. The van der Waals surface area contributed by atoms with Crippen molar-refractivity contribution in [3.05, 3.63) is 95.8 Å². The van der Waals surface area contributed by atoms with Crippen LogP contribution in [0.3, 0.4) is 0 Å².